The van der Waals surface area contributed by atoms with Crippen molar-refractivity contribution in [2.24, 2.45) is 0 Å². The number of alkyl halides is 3. The largest absolute Gasteiger partial charge is 0.451 e. The van der Waals surface area contributed by atoms with Crippen LogP contribution in [0.4, 0.5) is 13.2 Å². The maximum absolute atomic E-state index is 12.6. The molecule has 1 heterocycles. The first-order chi connectivity index (χ1) is 12.7. The number of nitrogens with zero attached hydrogens (tertiary/aromatic N) is 2. The summed E-state index contributed by atoms with van der Waals surface area (Å²) in [6.07, 6.45) is -1.95. The standard InChI is InChI=1S/C17H16Cl2F3N3O2/c1-27-6-5-10(11-8-24-16(25-9-11)17(20,21)22)7-23-15(26)12-3-2-4-13(18)14(12)19/h2-4,8-10H,5-7H2,1H3,(H,23,26). The summed E-state index contributed by atoms with van der Waals surface area (Å²) in [5.41, 5.74) is 0.663. The Morgan fingerprint density at radius 2 is 1.93 bits per heavy atom. The lowest BCUT2D eigenvalue weighted by atomic mass is 9.98. The topological polar surface area (TPSA) is 64.1 Å². The first-order valence-corrected chi connectivity index (χ1v) is 8.60. The van der Waals surface area contributed by atoms with Gasteiger partial charge in [-0.2, -0.15) is 13.2 Å². The minimum Gasteiger partial charge on any atom is -0.385 e. The van der Waals surface area contributed by atoms with Crippen LogP contribution in [0.1, 0.15) is 34.1 Å². The molecule has 27 heavy (non-hydrogen) atoms. The van der Waals surface area contributed by atoms with E-state index in [4.69, 9.17) is 27.9 Å². The van der Waals surface area contributed by atoms with Crippen LogP contribution in [-0.2, 0) is 10.9 Å². The van der Waals surface area contributed by atoms with E-state index in [0.29, 0.717) is 18.6 Å². The van der Waals surface area contributed by atoms with E-state index >= 15 is 0 Å². The predicted molar refractivity (Wildman–Crippen MR) is 95.1 cm³/mol. The van der Waals surface area contributed by atoms with Crippen LogP contribution in [0, 0.1) is 0 Å². The lowest BCUT2D eigenvalue weighted by molar-refractivity contribution is -0.145. The van der Waals surface area contributed by atoms with Gasteiger partial charge >= 0.3 is 6.18 Å². The van der Waals surface area contributed by atoms with Gasteiger partial charge in [-0.15, -0.1) is 0 Å². The fourth-order valence-corrected chi connectivity index (χ4v) is 2.72. The number of benzene rings is 1. The van der Waals surface area contributed by atoms with Gasteiger partial charge in [0, 0.05) is 38.6 Å². The quantitative estimate of drug-likeness (QED) is 0.721. The Hall–Kier alpha value is -1.90. The Labute approximate surface area is 163 Å². The van der Waals surface area contributed by atoms with E-state index in [0.717, 1.165) is 12.4 Å². The number of hydrogen-bond acceptors (Lipinski definition) is 4. The van der Waals surface area contributed by atoms with Crippen LogP contribution < -0.4 is 5.32 Å². The highest BCUT2D eigenvalue weighted by atomic mass is 35.5. The summed E-state index contributed by atoms with van der Waals surface area (Å²) in [7, 11) is 1.50. The van der Waals surface area contributed by atoms with Crippen LogP contribution in [0.15, 0.2) is 30.6 Å². The van der Waals surface area contributed by atoms with Crippen LogP contribution in [0.3, 0.4) is 0 Å². The average Bonchev–Trinajstić information content (AvgIpc) is 2.63. The Morgan fingerprint density at radius 1 is 1.26 bits per heavy atom. The second-order valence-electron chi connectivity index (χ2n) is 5.63. The molecule has 1 unspecified atom stereocenters. The number of carbonyl (C=O) groups excluding carboxylic acids is 1. The number of halogens is 5. The normalized spacial score (nSPS) is 12.7. The van der Waals surface area contributed by atoms with Crippen molar-refractivity contribution in [1.82, 2.24) is 15.3 Å². The van der Waals surface area contributed by atoms with E-state index in [9.17, 15) is 18.0 Å². The van der Waals surface area contributed by atoms with Crippen LogP contribution in [0.5, 0.6) is 0 Å². The third-order valence-electron chi connectivity index (χ3n) is 3.77. The second-order valence-corrected chi connectivity index (χ2v) is 6.41. The van der Waals surface area contributed by atoms with Gasteiger partial charge < -0.3 is 10.1 Å². The van der Waals surface area contributed by atoms with Crippen molar-refractivity contribution in [3.05, 3.63) is 57.6 Å². The number of aromatic nitrogens is 2. The highest BCUT2D eigenvalue weighted by Crippen LogP contribution is 2.27. The summed E-state index contributed by atoms with van der Waals surface area (Å²) >= 11 is 11.9. The first-order valence-electron chi connectivity index (χ1n) is 7.84. The van der Waals surface area contributed by atoms with E-state index in [1.807, 2.05) is 0 Å². The van der Waals surface area contributed by atoms with E-state index in [2.05, 4.69) is 15.3 Å². The van der Waals surface area contributed by atoms with E-state index in [-0.39, 0.29) is 28.1 Å². The maximum atomic E-state index is 12.6. The minimum atomic E-state index is -4.61. The van der Waals surface area contributed by atoms with Crippen molar-refractivity contribution in [3.8, 4) is 0 Å². The molecule has 0 saturated carbocycles. The first kappa shape index (κ1) is 21.4. The van der Waals surface area contributed by atoms with Crippen molar-refractivity contribution in [3.63, 3.8) is 0 Å². The summed E-state index contributed by atoms with van der Waals surface area (Å²) in [6, 6.07) is 4.67. The maximum Gasteiger partial charge on any atom is 0.451 e. The second kappa shape index (κ2) is 9.34. The Morgan fingerprint density at radius 3 is 2.52 bits per heavy atom. The molecule has 0 spiro atoms. The molecule has 0 aliphatic carbocycles. The molecule has 1 aromatic heterocycles. The number of rotatable bonds is 7. The zero-order valence-corrected chi connectivity index (χ0v) is 15.7. The summed E-state index contributed by atoms with van der Waals surface area (Å²) in [5, 5.41) is 3.08. The minimum absolute atomic E-state index is 0.128. The number of nitrogens with one attached hydrogen (secondary N) is 1. The molecule has 10 heteroatoms. The molecule has 2 rings (SSSR count). The molecule has 1 N–H and O–H groups in total. The molecule has 2 aromatic rings. The van der Waals surface area contributed by atoms with Gasteiger partial charge in [-0.1, -0.05) is 29.3 Å². The number of amides is 1. The average molecular weight is 422 g/mol. The van der Waals surface area contributed by atoms with Crippen molar-refractivity contribution < 1.29 is 22.7 Å². The highest BCUT2D eigenvalue weighted by molar-refractivity contribution is 6.43. The fourth-order valence-electron chi connectivity index (χ4n) is 2.33. The number of ether oxygens (including phenoxy) is 1. The molecule has 0 aliphatic rings. The van der Waals surface area contributed by atoms with Gasteiger partial charge in [0.1, 0.15) is 0 Å². The summed E-state index contributed by atoms with van der Waals surface area (Å²) in [6.45, 7) is 0.485. The monoisotopic (exact) mass is 421 g/mol. The fraction of sp³-hybridized carbons (Fsp3) is 0.353. The van der Waals surface area contributed by atoms with Crippen LogP contribution in [0.25, 0.3) is 0 Å². The summed E-state index contributed by atoms with van der Waals surface area (Å²) < 4.78 is 42.9. The lowest BCUT2D eigenvalue weighted by Crippen LogP contribution is -2.29. The van der Waals surface area contributed by atoms with Gasteiger partial charge in [0.05, 0.1) is 15.6 Å². The SMILES string of the molecule is COCCC(CNC(=O)c1cccc(Cl)c1Cl)c1cnc(C(F)(F)F)nc1. The Bertz CT molecular complexity index is 786. The number of carbonyl (C=O) groups is 1. The zero-order valence-electron chi connectivity index (χ0n) is 14.2. The van der Waals surface area contributed by atoms with E-state index in [1.165, 1.54) is 13.2 Å². The van der Waals surface area contributed by atoms with Crippen LogP contribution in [-0.4, -0.2) is 36.1 Å². The molecule has 146 valence electrons. The number of hydrogen-bond donors (Lipinski definition) is 1. The Kier molecular flexibility index (Phi) is 7.41. The Balaban J connectivity index is 2.12. The van der Waals surface area contributed by atoms with Gasteiger partial charge in [0.25, 0.3) is 5.91 Å². The van der Waals surface area contributed by atoms with E-state index in [1.54, 1.807) is 12.1 Å². The van der Waals surface area contributed by atoms with Crippen molar-refractivity contribution in [1.29, 1.82) is 0 Å². The molecule has 5 nitrogen and oxygen atoms in total. The summed E-state index contributed by atoms with van der Waals surface area (Å²) in [5.74, 6) is -2.00. The van der Waals surface area contributed by atoms with Crippen molar-refractivity contribution in [2.75, 3.05) is 20.3 Å². The van der Waals surface area contributed by atoms with Gasteiger partial charge in [0.2, 0.25) is 5.82 Å². The van der Waals surface area contributed by atoms with Crippen molar-refractivity contribution >= 4 is 29.1 Å². The van der Waals surface area contributed by atoms with Gasteiger partial charge in [0.15, 0.2) is 0 Å². The molecule has 0 saturated heterocycles. The molecule has 1 amide bonds. The van der Waals surface area contributed by atoms with Gasteiger partial charge in [-0.05, 0) is 24.1 Å². The number of methoxy groups -OCH3 is 1. The third-order valence-corrected chi connectivity index (χ3v) is 4.59. The van der Waals surface area contributed by atoms with Gasteiger partial charge in [-0.3, -0.25) is 4.79 Å². The molecule has 0 aliphatic heterocycles. The molecular formula is C17H16Cl2F3N3O2. The zero-order chi connectivity index (χ0) is 20.0. The van der Waals surface area contributed by atoms with Crippen molar-refractivity contribution in [2.45, 2.75) is 18.5 Å². The molecular weight excluding hydrogens is 406 g/mol. The molecule has 1 atom stereocenters. The van der Waals surface area contributed by atoms with E-state index < -0.39 is 17.9 Å². The highest BCUT2D eigenvalue weighted by Gasteiger charge is 2.34. The summed E-state index contributed by atoms with van der Waals surface area (Å²) in [4.78, 5) is 19.1. The lowest BCUT2D eigenvalue weighted by Gasteiger charge is -2.18. The van der Waals surface area contributed by atoms with Crippen LogP contribution >= 0.6 is 23.2 Å². The third kappa shape index (κ3) is 5.79. The van der Waals surface area contributed by atoms with Crippen LogP contribution in [0.2, 0.25) is 10.0 Å². The molecule has 0 fully saturated rings. The smallest absolute Gasteiger partial charge is 0.385 e. The molecule has 0 radical (unpaired) electrons. The molecule has 1 aromatic carbocycles. The molecule has 0 bridgehead atoms. The van der Waals surface area contributed by atoms with Gasteiger partial charge in [-0.25, -0.2) is 9.97 Å². The predicted octanol–water partition coefficient (Wildman–Crippen LogP) is 4.35.